The molecule has 2 aliphatic rings. The first-order valence-electron chi connectivity index (χ1n) is 11.2. The summed E-state index contributed by atoms with van der Waals surface area (Å²) in [5.74, 6) is -2.74. The van der Waals surface area contributed by atoms with E-state index < -0.39 is 23.5 Å². The third-order valence-corrected chi connectivity index (χ3v) is 6.41. The summed E-state index contributed by atoms with van der Waals surface area (Å²) in [4.78, 5) is 28.8. The van der Waals surface area contributed by atoms with Crippen molar-refractivity contribution in [3.8, 4) is 0 Å². The number of anilines is 2. The van der Waals surface area contributed by atoms with Crippen LogP contribution in [0.4, 0.5) is 20.2 Å². The lowest BCUT2D eigenvalue weighted by atomic mass is 9.68. The molecule has 0 unspecified atom stereocenters. The van der Waals surface area contributed by atoms with E-state index >= 15 is 0 Å². The van der Waals surface area contributed by atoms with E-state index in [2.05, 4.69) is 24.5 Å². The molecule has 0 aromatic heterocycles. The molecule has 0 radical (unpaired) electrons. The Morgan fingerprint density at radius 1 is 1.09 bits per heavy atom. The largest absolute Gasteiger partial charge is 0.378 e. The zero-order valence-electron chi connectivity index (χ0n) is 20.1. The Bertz CT molecular complexity index is 1230. The molecule has 0 saturated heterocycles. The molecule has 2 aromatic carbocycles. The maximum Gasteiger partial charge on any atom is 0.254 e. The molecule has 1 atom stereocenters. The predicted octanol–water partition coefficient (Wildman–Crippen LogP) is 5.27. The van der Waals surface area contributed by atoms with Gasteiger partial charge in [-0.1, -0.05) is 26.0 Å². The summed E-state index contributed by atoms with van der Waals surface area (Å²) in [6, 6.07) is 10.7. The Morgan fingerprint density at radius 3 is 2.38 bits per heavy atom. The number of nitrogens with one attached hydrogen (secondary N) is 2. The number of Topliss-reactive ketones (excluding diaryl/α,β-unsaturated/α-hetero) is 1. The van der Waals surface area contributed by atoms with Gasteiger partial charge in [-0.15, -0.1) is 0 Å². The molecule has 178 valence electrons. The molecule has 0 bridgehead atoms. The lowest BCUT2D eigenvalue weighted by molar-refractivity contribution is -0.118. The fourth-order valence-electron chi connectivity index (χ4n) is 4.82. The summed E-state index contributed by atoms with van der Waals surface area (Å²) in [6.45, 7) is 5.89. The maximum atomic E-state index is 14.3. The molecule has 1 amide bonds. The number of allylic oxidation sites excluding steroid dienone is 3. The van der Waals surface area contributed by atoms with E-state index in [1.807, 2.05) is 43.3 Å². The van der Waals surface area contributed by atoms with Crippen LogP contribution in [0.5, 0.6) is 0 Å². The highest BCUT2D eigenvalue weighted by Crippen LogP contribution is 2.47. The van der Waals surface area contributed by atoms with Gasteiger partial charge in [-0.2, -0.15) is 0 Å². The summed E-state index contributed by atoms with van der Waals surface area (Å²) in [6.07, 6.45) is 1.06. The van der Waals surface area contributed by atoms with Crippen LogP contribution < -0.4 is 15.5 Å². The number of halogens is 2. The lowest BCUT2D eigenvalue weighted by Crippen LogP contribution is -2.39. The number of hydrogen-bond donors (Lipinski definition) is 2. The molecule has 34 heavy (non-hydrogen) atoms. The number of amides is 1. The van der Waals surface area contributed by atoms with E-state index in [0.29, 0.717) is 29.7 Å². The third kappa shape index (κ3) is 4.47. The Kier molecular flexibility index (Phi) is 6.06. The monoisotopic (exact) mass is 465 g/mol. The molecule has 4 rings (SSSR count). The van der Waals surface area contributed by atoms with E-state index in [0.717, 1.165) is 29.1 Å². The van der Waals surface area contributed by atoms with Gasteiger partial charge in [-0.25, -0.2) is 8.78 Å². The number of ketones is 1. The van der Waals surface area contributed by atoms with Crippen molar-refractivity contribution in [2.24, 2.45) is 5.41 Å². The minimum atomic E-state index is -0.863. The van der Waals surface area contributed by atoms with Crippen molar-refractivity contribution >= 4 is 23.1 Å². The minimum absolute atomic E-state index is 0.00815. The molecule has 1 aliphatic carbocycles. The summed E-state index contributed by atoms with van der Waals surface area (Å²) in [7, 11) is 3.88. The number of benzene rings is 2. The SMILES string of the molecule is CC1=C(C(=O)Nc2ccc(F)cc2F)[C@@H](c2ccc(N(C)C)cc2)C2=C(CC(C)(C)CC2=O)N1. The van der Waals surface area contributed by atoms with E-state index in [1.165, 1.54) is 6.07 Å². The third-order valence-electron chi connectivity index (χ3n) is 6.41. The second kappa shape index (κ2) is 8.70. The molecule has 2 aromatic rings. The molecule has 2 N–H and O–H groups in total. The Hall–Kier alpha value is -3.48. The van der Waals surface area contributed by atoms with Crippen LogP contribution in [0.25, 0.3) is 0 Å². The van der Waals surface area contributed by atoms with Gasteiger partial charge in [-0.05, 0) is 48.6 Å². The van der Waals surface area contributed by atoms with Crippen molar-refractivity contribution < 1.29 is 18.4 Å². The summed E-state index contributed by atoms with van der Waals surface area (Å²) in [5, 5.41) is 5.86. The second-order valence-corrected chi connectivity index (χ2v) is 9.99. The van der Waals surface area contributed by atoms with Gasteiger partial charge in [-0.3, -0.25) is 9.59 Å². The fourth-order valence-corrected chi connectivity index (χ4v) is 4.82. The first kappa shape index (κ1) is 23.7. The van der Waals surface area contributed by atoms with Gasteiger partial charge in [0.15, 0.2) is 5.78 Å². The van der Waals surface area contributed by atoms with Crippen LogP contribution in [0.2, 0.25) is 0 Å². The van der Waals surface area contributed by atoms with Crippen LogP contribution >= 0.6 is 0 Å². The van der Waals surface area contributed by atoms with Gasteiger partial charge >= 0.3 is 0 Å². The van der Waals surface area contributed by atoms with E-state index in [-0.39, 0.29) is 16.9 Å². The maximum absolute atomic E-state index is 14.3. The van der Waals surface area contributed by atoms with Gasteiger partial charge in [0.1, 0.15) is 11.6 Å². The molecule has 1 aliphatic heterocycles. The zero-order valence-corrected chi connectivity index (χ0v) is 20.1. The van der Waals surface area contributed by atoms with Crippen LogP contribution in [0, 0.1) is 17.0 Å². The molecule has 7 heteroatoms. The van der Waals surface area contributed by atoms with E-state index in [4.69, 9.17) is 0 Å². The number of dihydropyridines is 1. The highest BCUT2D eigenvalue weighted by Gasteiger charge is 2.42. The molecular weight excluding hydrogens is 436 g/mol. The lowest BCUT2D eigenvalue weighted by Gasteiger charge is -2.39. The van der Waals surface area contributed by atoms with Crippen LogP contribution in [0.3, 0.4) is 0 Å². The number of carbonyl (C=O) groups is 2. The van der Waals surface area contributed by atoms with E-state index in [9.17, 15) is 18.4 Å². The first-order chi connectivity index (χ1) is 16.0. The molecule has 0 fully saturated rings. The molecule has 0 spiro atoms. The average molecular weight is 466 g/mol. The predicted molar refractivity (Wildman–Crippen MR) is 129 cm³/mol. The fraction of sp³-hybridized carbons (Fsp3) is 0.333. The van der Waals surface area contributed by atoms with Crippen molar-refractivity contribution in [3.63, 3.8) is 0 Å². The smallest absolute Gasteiger partial charge is 0.254 e. The van der Waals surface area contributed by atoms with Crippen molar-refractivity contribution in [2.75, 3.05) is 24.3 Å². The van der Waals surface area contributed by atoms with Crippen LogP contribution in [0.1, 0.15) is 45.1 Å². The van der Waals surface area contributed by atoms with Crippen molar-refractivity contribution in [3.05, 3.63) is 82.2 Å². The van der Waals surface area contributed by atoms with Gasteiger partial charge in [0.25, 0.3) is 5.91 Å². The zero-order chi connectivity index (χ0) is 24.8. The van der Waals surface area contributed by atoms with Gasteiger partial charge in [0.2, 0.25) is 0 Å². The number of nitrogens with zero attached hydrogens (tertiary/aromatic N) is 1. The number of carbonyl (C=O) groups excluding carboxylic acids is 2. The Morgan fingerprint density at radius 2 is 1.76 bits per heavy atom. The van der Waals surface area contributed by atoms with Gasteiger partial charge in [0.05, 0.1) is 5.69 Å². The average Bonchev–Trinajstić information content (AvgIpc) is 2.73. The summed E-state index contributed by atoms with van der Waals surface area (Å²) in [5.41, 5.74) is 3.82. The van der Waals surface area contributed by atoms with Crippen LogP contribution in [-0.2, 0) is 9.59 Å². The second-order valence-electron chi connectivity index (χ2n) is 9.99. The molecule has 1 heterocycles. The Balaban J connectivity index is 1.80. The van der Waals surface area contributed by atoms with Gasteiger partial charge < -0.3 is 15.5 Å². The number of hydrogen-bond acceptors (Lipinski definition) is 4. The summed E-state index contributed by atoms with van der Waals surface area (Å²) < 4.78 is 27.6. The van der Waals surface area contributed by atoms with Crippen molar-refractivity contribution in [2.45, 2.75) is 39.5 Å². The standard InChI is InChI=1S/C27H29F2N3O2/c1-15-23(26(34)31-20-11-8-17(28)12-19(20)29)24(16-6-9-18(10-7-16)32(4)5)25-21(30-15)13-27(2,3)14-22(25)33/h6-12,24,30H,13-14H2,1-5H3,(H,31,34)/t24-/m1/s1. The topological polar surface area (TPSA) is 61.4 Å². The molecule has 5 nitrogen and oxygen atoms in total. The van der Waals surface area contributed by atoms with Crippen molar-refractivity contribution in [1.29, 1.82) is 0 Å². The van der Waals surface area contributed by atoms with Gasteiger partial charge in [0, 0.05) is 60.7 Å². The highest BCUT2D eigenvalue weighted by atomic mass is 19.1. The van der Waals surface area contributed by atoms with E-state index in [1.54, 1.807) is 6.92 Å². The summed E-state index contributed by atoms with van der Waals surface area (Å²) >= 11 is 0. The molecular formula is C27H29F2N3O2. The Labute approximate surface area is 198 Å². The first-order valence-corrected chi connectivity index (χ1v) is 11.2. The highest BCUT2D eigenvalue weighted by molar-refractivity contribution is 6.10. The van der Waals surface area contributed by atoms with Crippen LogP contribution in [0.15, 0.2) is 65.0 Å². The number of rotatable bonds is 4. The molecule has 0 saturated carbocycles. The van der Waals surface area contributed by atoms with Crippen molar-refractivity contribution in [1.82, 2.24) is 5.32 Å². The minimum Gasteiger partial charge on any atom is -0.378 e. The normalized spacial score (nSPS) is 19.5. The quantitative estimate of drug-likeness (QED) is 0.646. The van der Waals surface area contributed by atoms with Crippen LogP contribution in [-0.4, -0.2) is 25.8 Å².